The van der Waals surface area contributed by atoms with Crippen LogP contribution in [-0.4, -0.2) is 117 Å². The van der Waals surface area contributed by atoms with Gasteiger partial charge in [0.1, 0.15) is 17.0 Å². The second-order valence-electron chi connectivity index (χ2n) is 17.9. The smallest absolute Gasteiger partial charge is 0.324 e. The summed E-state index contributed by atoms with van der Waals surface area (Å²) in [6, 6.07) is 9.28. The Morgan fingerprint density at radius 1 is 1.17 bits per heavy atom. The van der Waals surface area contributed by atoms with Crippen molar-refractivity contribution in [2.24, 2.45) is 5.41 Å². The Hall–Kier alpha value is -6.20. The molecule has 340 valence electrons. The highest BCUT2D eigenvalue weighted by Crippen LogP contribution is 2.42. The zero-order valence-electron chi connectivity index (χ0n) is 38.1. The summed E-state index contributed by atoms with van der Waals surface area (Å²) in [5.41, 5.74) is 9.11. The van der Waals surface area contributed by atoms with Crippen molar-refractivity contribution in [2.45, 2.75) is 104 Å². The van der Waals surface area contributed by atoms with E-state index < -0.39 is 41.3 Å². The van der Waals surface area contributed by atoms with Crippen LogP contribution in [0.25, 0.3) is 33.5 Å². The summed E-state index contributed by atoms with van der Waals surface area (Å²) in [5, 5.41) is 10.9. The van der Waals surface area contributed by atoms with E-state index in [2.05, 4.69) is 66.0 Å². The number of likely N-dealkylation sites (tertiary alicyclic amines) is 1. The standard InChI is InChI=1S/C47H59N9O8/c1-10-40(57)53-21-18-32(26-53)56(61)52(8)42(28(3)4)44(58)49-37-23-31-24-39(64-51-31)30-16-17-38-34(22-30)35(43(54(38)11-2)33-14-12-19-48-41(33)29(5)62-9)25-47(6,7)27-63-46(60)36-15-13-20-55(50-36)45(37)59/h10,12,14,16-17,19,22,24,29,32,36-37,50H,1,11,13,15,18,20-21,23,25-27H2,2-9H3/p+1/t29-,32-,36-,37-/m0/s1. The number of hydrogen-bond donors (Lipinski definition) is 2. The topological polar surface area (TPSA) is 184 Å². The molecule has 6 bridgehead atoms. The predicted molar refractivity (Wildman–Crippen MR) is 239 cm³/mol. The van der Waals surface area contributed by atoms with Gasteiger partial charge in [0.05, 0.1) is 48.3 Å². The lowest BCUT2D eigenvalue weighted by atomic mass is 9.84. The third-order valence-electron chi connectivity index (χ3n) is 12.4. The Morgan fingerprint density at radius 2 is 1.95 bits per heavy atom. The number of likely N-dealkylation sites (N-methyl/N-ethyl adjacent to an activating group) is 1. The van der Waals surface area contributed by atoms with Crippen molar-refractivity contribution in [3.05, 3.63) is 88.4 Å². The number of methoxy groups -OCH3 is 1. The van der Waals surface area contributed by atoms with Crippen LogP contribution < -0.4 is 10.7 Å². The van der Waals surface area contributed by atoms with Crippen LogP contribution in [0, 0.1) is 10.3 Å². The molecule has 3 aliphatic rings. The third-order valence-corrected chi connectivity index (χ3v) is 12.4. The summed E-state index contributed by atoms with van der Waals surface area (Å²) in [5.74, 6) is -1.45. The minimum atomic E-state index is -1.20. The third kappa shape index (κ3) is 9.22. The molecule has 0 spiro atoms. The Bertz CT molecular complexity index is 2500. The zero-order chi connectivity index (χ0) is 46.0. The average Bonchev–Trinajstić information content (AvgIpc) is 4.05. The van der Waals surface area contributed by atoms with Crippen LogP contribution >= 0.6 is 0 Å². The summed E-state index contributed by atoms with van der Waals surface area (Å²) in [6.45, 7) is 16.8. The second kappa shape index (κ2) is 18.9. The minimum Gasteiger partial charge on any atom is -0.464 e. The van der Waals surface area contributed by atoms with Gasteiger partial charge in [-0.15, -0.1) is 5.01 Å². The molecule has 0 radical (unpaired) electrons. The molecule has 1 aromatic carbocycles. The number of rotatable bonds is 10. The predicted octanol–water partition coefficient (Wildman–Crippen LogP) is 5.44. The van der Waals surface area contributed by atoms with Gasteiger partial charge >= 0.3 is 5.97 Å². The number of nitrogens with zero attached hydrogens (tertiary/aromatic N) is 7. The number of fused-ring (bicyclic) bond motifs is 6. The molecule has 2 N–H and O–H groups in total. The molecule has 4 atom stereocenters. The monoisotopic (exact) mass is 878 g/mol. The van der Waals surface area contributed by atoms with Crippen LogP contribution in [0.2, 0.25) is 0 Å². The van der Waals surface area contributed by atoms with Gasteiger partial charge in [-0.25, -0.2) is 5.43 Å². The Labute approximate surface area is 373 Å². The van der Waals surface area contributed by atoms with Crippen LogP contribution in [0.1, 0.15) is 83.9 Å². The van der Waals surface area contributed by atoms with Gasteiger partial charge in [0, 0.05) is 79.3 Å². The maximum absolute atomic E-state index is 14.5. The molecule has 7 rings (SSSR count). The largest absolute Gasteiger partial charge is 0.464 e. The molecule has 3 aliphatic heterocycles. The van der Waals surface area contributed by atoms with E-state index in [4.69, 9.17) is 19.0 Å². The number of allylic oxidation sites excluding steroid dienone is 1. The molecule has 64 heavy (non-hydrogen) atoms. The SMILES string of the molecule is C=CC(=O)N1CC[C@H]([N+](=O)N(C)C(C(=O)N[C@H]2Cc3cc(on3)-c3ccc4c(c3)c(c(-c3cccnc3[C@H](C)OC)n4CC)CC(C)(C)COC(=O)[C@@H]3CCCN(N3)C2=O)=C(C)C)C1. The van der Waals surface area contributed by atoms with E-state index in [9.17, 15) is 24.1 Å². The highest BCUT2D eigenvalue weighted by Gasteiger charge is 2.42. The number of cyclic esters (lactones) is 1. The van der Waals surface area contributed by atoms with E-state index in [1.165, 1.54) is 28.0 Å². The minimum absolute atomic E-state index is 0.0462. The number of pyridine rings is 1. The number of benzene rings is 1. The summed E-state index contributed by atoms with van der Waals surface area (Å²) < 4.78 is 20.1. The Kier molecular flexibility index (Phi) is 13.5. The van der Waals surface area contributed by atoms with E-state index in [1.54, 1.807) is 33.2 Å². The quantitative estimate of drug-likeness (QED) is 0.0892. The van der Waals surface area contributed by atoms with E-state index in [0.29, 0.717) is 60.7 Å². The van der Waals surface area contributed by atoms with Gasteiger partial charge in [-0.1, -0.05) is 25.6 Å². The first-order chi connectivity index (χ1) is 30.5. The molecular weight excluding hydrogens is 819 g/mol. The van der Waals surface area contributed by atoms with Gasteiger partial charge in [0.15, 0.2) is 11.5 Å². The number of nitrogens with one attached hydrogen (secondary N) is 2. The lowest BCUT2D eigenvalue weighted by Crippen LogP contribution is -2.61. The van der Waals surface area contributed by atoms with Gasteiger partial charge in [-0.05, 0) is 94.5 Å². The van der Waals surface area contributed by atoms with Crippen molar-refractivity contribution in [3.63, 3.8) is 0 Å². The lowest BCUT2D eigenvalue weighted by Gasteiger charge is -2.35. The molecular formula is C47H60N9O8+. The van der Waals surface area contributed by atoms with Gasteiger partial charge in [0.25, 0.3) is 17.9 Å². The number of esters is 1. The molecule has 2 fully saturated rings. The molecule has 0 unspecified atom stereocenters. The summed E-state index contributed by atoms with van der Waals surface area (Å²) in [7, 11) is 3.16. The Balaban J connectivity index is 1.28. The highest BCUT2D eigenvalue weighted by atomic mass is 16.5. The molecule has 4 aromatic rings. The van der Waals surface area contributed by atoms with E-state index in [0.717, 1.165) is 39.0 Å². The van der Waals surface area contributed by atoms with Gasteiger partial charge in [0.2, 0.25) is 5.91 Å². The maximum Gasteiger partial charge on any atom is 0.324 e. The first-order valence-electron chi connectivity index (χ1n) is 22.0. The van der Waals surface area contributed by atoms with Gasteiger partial charge in [-0.2, -0.15) is 0 Å². The molecule has 0 aliphatic carbocycles. The molecule has 6 heterocycles. The highest BCUT2D eigenvalue weighted by molar-refractivity contribution is 5.97. The van der Waals surface area contributed by atoms with Crippen molar-refractivity contribution in [1.82, 2.24) is 40.4 Å². The molecule has 2 saturated heterocycles. The van der Waals surface area contributed by atoms with Crippen LogP contribution in [-0.2, 0) is 48.0 Å². The van der Waals surface area contributed by atoms with Crippen LogP contribution in [0.5, 0.6) is 0 Å². The average molecular weight is 879 g/mol. The van der Waals surface area contributed by atoms with E-state index >= 15 is 0 Å². The number of carbonyl (C=O) groups excluding carboxylic acids is 4. The second-order valence-corrected chi connectivity index (χ2v) is 17.9. The van der Waals surface area contributed by atoms with Crippen molar-refractivity contribution in [1.29, 1.82) is 0 Å². The number of aryl methyl sites for hydroxylation is 1. The molecule has 17 heteroatoms. The van der Waals surface area contributed by atoms with Crippen LogP contribution in [0.3, 0.4) is 0 Å². The number of amides is 3. The van der Waals surface area contributed by atoms with Crippen LogP contribution in [0.4, 0.5) is 0 Å². The molecule has 0 saturated carbocycles. The lowest BCUT2D eigenvalue weighted by molar-refractivity contribution is -0.716. The van der Waals surface area contributed by atoms with E-state index in [-0.39, 0.29) is 43.8 Å². The van der Waals surface area contributed by atoms with Crippen molar-refractivity contribution in [3.8, 4) is 22.6 Å². The fraction of sp³-hybridized carbons (Fsp3) is 0.489. The molecule has 3 aromatic heterocycles. The number of hydrazine groups is 2. The van der Waals surface area contributed by atoms with Crippen molar-refractivity contribution < 1.29 is 38.0 Å². The van der Waals surface area contributed by atoms with Crippen LogP contribution in [0.15, 0.2) is 71.0 Å². The van der Waals surface area contributed by atoms with Crippen molar-refractivity contribution in [2.75, 3.05) is 40.4 Å². The van der Waals surface area contributed by atoms with Gasteiger partial charge in [-0.3, -0.25) is 29.2 Å². The fourth-order valence-electron chi connectivity index (χ4n) is 9.12. The number of ether oxygens (including phenoxy) is 2. The summed E-state index contributed by atoms with van der Waals surface area (Å²) in [6.07, 6.45) is 4.53. The van der Waals surface area contributed by atoms with Crippen molar-refractivity contribution >= 4 is 34.6 Å². The van der Waals surface area contributed by atoms with Gasteiger partial charge < -0.3 is 28.8 Å². The fourth-order valence-corrected chi connectivity index (χ4v) is 9.12. The molecule has 3 amide bonds. The summed E-state index contributed by atoms with van der Waals surface area (Å²) in [4.78, 5) is 75.7. The van der Waals surface area contributed by atoms with E-state index in [1.807, 2.05) is 19.1 Å². The first kappa shape index (κ1) is 45.8. The number of carbonyl (C=O) groups is 4. The summed E-state index contributed by atoms with van der Waals surface area (Å²) >= 11 is 0. The Morgan fingerprint density at radius 3 is 2.67 bits per heavy atom. The number of aromatic nitrogens is 3. The maximum atomic E-state index is 14.5. The number of hydrogen-bond acceptors (Lipinski definition) is 11. The zero-order valence-corrected chi connectivity index (χ0v) is 38.1. The molecule has 17 nitrogen and oxygen atoms in total. The number of nitroso groups, excluding NO2 is 1. The normalized spacial score (nSPS) is 20.6. The first-order valence-corrected chi connectivity index (χ1v) is 22.0.